The number of halogens is 3. The van der Waals surface area contributed by atoms with Crippen molar-refractivity contribution in [1.82, 2.24) is 15.5 Å². The fraction of sp³-hybridized carbons (Fsp3) is 0.588. The number of alkyl halides is 3. The van der Waals surface area contributed by atoms with Crippen molar-refractivity contribution >= 4 is 5.96 Å². The minimum atomic E-state index is -4.31. The average Bonchev–Trinajstić information content (AvgIpc) is 2.60. The predicted molar refractivity (Wildman–Crippen MR) is 91.5 cm³/mol. The molecule has 0 aromatic heterocycles. The predicted octanol–water partition coefficient (Wildman–Crippen LogP) is 2.09. The normalized spacial score (nSPS) is 16.7. The molecule has 1 fully saturated rings. The summed E-state index contributed by atoms with van der Waals surface area (Å²) in [5.41, 5.74) is 0.0918. The number of rotatable bonds is 6. The van der Waals surface area contributed by atoms with Gasteiger partial charge in [-0.3, -0.25) is 4.90 Å². The molecule has 0 radical (unpaired) electrons. The smallest absolute Gasteiger partial charge is 0.379 e. The van der Waals surface area contributed by atoms with Crippen LogP contribution in [-0.4, -0.2) is 56.8 Å². The van der Waals surface area contributed by atoms with Crippen molar-refractivity contribution in [3.05, 3.63) is 35.4 Å². The molecule has 1 aromatic carbocycles. The van der Waals surface area contributed by atoms with E-state index in [0.717, 1.165) is 63.6 Å². The molecule has 0 saturated carbocycles. The van der Waals surface area contributed by atoms with Gasteiger partial charge >= 0.3 is 6.18 Å². The van der Waals surface area contributed by atoms with Gasteiger partial charge in [-0.25, -0.2) is 4.99 Å². The van der Waals surface area contributed by atoms with Gasteiger partial charge in [0.05, 0.1) is 25.3 Å². The van der Waals surface area contributed by atoms with Crippen LogP contribution in [0.25, 0.3) is 0 Å². The van der Waals surface area contributed by atoms with Crippen molar-refractivity contribution in [2.75, 3.05) is 45.9 Å². The first kappa shape index (κ1) is 19.5. The molecule has 25 heavy (non-hydrogen) atoms. The molecule has 0 bridgehead atoms. The number of nitrogens with one attached hydrogen (secondary N) is 2. The first-order valence-electron chi connectivity index (χ1n) is 8.47. The van der Waals surface area contributed by atoms with Crippen molar-refractivity contribution < 1.29 is 17.9 Å². The van der Waals surface area contributed by atoms with E-state index in [2.05, 4.69) is 20.5 Å². The van der Waals surface area contributed by atoms with E-state index in [1.807, 2.05) is 6.92 Å². The average molecular weight is 358 g/mol. The van der Waals surface area contributed by atoms with E-state index in [1.54, 1.807) is 0 Å². The summed E-state index contributed by atoms with van der Waals surface area (Å²) in [4.78, 5) is 6.74. The molecule has 0 amide bonds. The largest absolute Gasteiger partial charge is 0.416 e. The highest BCUT2D eigenvalue weighted by Gasteiger charge is 2.29. The lowest BCUT2D eigenvalue weighted by atomic mass is 10.1. The maximum absolute atomic E-state index is 12.6. The molecule has 0 atom stereocenters. The quantitative estimate of drug-likeness (QED) is 0.604. The summed E-state index contributed by atoms with van der Waals surface area (Å²) in [6.45, 7) is 8.05. The molecule has 0 unspecified atom stereocenters. The third kappa shape index (κ3) is 6.91. The maximum atomic E-state index is 12.6. The molecule has 1 aliphatic heterocycles. The molecule has 1 heterocycles. The minimum absolute atomic E-state index is 0.324. The maximum Gasteiger partial charge on any atom is 0.416 e. The molecule has 1 aromatic rings. The molecule has 0 spiro atoms. The van der Waals surface area contributed by atoms with Crippen molar-refractivity contribution in [2.24, 2.45) is 4.99 Å². The number of ether oxygens (including phenoxy) is 1. The van der Waals surface area contributed by atoms with Gasteiger partial charge in [0.15, 0.2) is 5.96 Å². The van der Waals surface area contributed by atoms with E-state index in [1.165, 1.54) is 12.1 Å². The molecule has 8 heteroatoms. The number of hydrogen-bond acceptors (Lipinski definition) is 3. The Morgan fingerprint density at radius 2 is 1.84 bits per heavy atom. The van der Waals surface area contributed by atoms with Crippen molar-refractivity contribution in [1.29, 1.82) is 0 Å². The second-order valence-electron chi connectivity index (χ2n) is 5.77. The molecule has 0 aliphatic carbocycles. The standard InChI is InChI=1S/C17H25F3N4O/c1-2-21-16(22-7-8-24-9-11-25-12-10-24)23-13-14-3-5-15(6-4-14)17(18,19)20/h3-6H,2,7-13H2,1H3,(H2,21,22,23). The second kappa shape index (κ2) is 9.62. The first-order valence-corrected chi connectivity index (χ1v) is 8.47. The van der Waals surface area contributed by atoms with Crippen LogP contribution < -0.4 is 10.6 Å². The van der Waals surface area contributed by atoms with Crippen LogP contribution in [0.15, 0.2) is 29.3 Å². The zero-order valence-corrected chi connectivity index (χ0v) is 14.4. The summed E-state index contributed by atoms with van der Waals surface area (Å²) >= 11 is 0. The molecule has 5 nitrogen and oxygen atoms in total. The van der Waals surface area contributed by atoms with Gasteiger partial charge in [-0.2, -0.15) is 13.2 Å². The van der Waals surface area contributed by atoms with Gasteiger partial charge in [-0.05, 0) is 24.6 Å². The summed E-state index contributed by atoms with van der Waals surface area (Å²) in [6, 6.07) is 5.10. The first-order chi connectivity index (χ1) is 12.0. The topological polar surface area (TPSA) is 48.9 Å². The Balaban J connectivity index is 1.83. The lowest BCUT2D eigenvalue weighted by Gasteiger charge is -2.26. The summed E-state index contributed by atoms with van der Waals surface area (Å²) in [6.07, 6.45) is -4.31. The van der Waals surface area contributed by atoms with Crippen LogP contribution in [0.5, 0.6) is 0 Å². The Labute approximate surface area is 146 Å². The summed E-state index contributed by atoms with van der Waals surface area (Å²) < 4.78 is 43.0. The highest BCUT2D eigenvalue weighted by Crippen LogP contribution is 2.29. The number of benzene rings is 1. The van der Waals surface area contributed by atoms with Crippen molar-refractivity contribution in [2.45, 2.75) is 19.6 Å². The molecule has 2 N–H and O–H groups in total. The summed E-state index contributed by atoms with van der Waals surface area (Å²) in [5, 5.41) is 6.39. The molecular weight excluding hydrogens is 333 g/mol. The van der Waals surface area contributed by atoms with Crippen molar-refractivity contribution in [3.8, 4) is 0 Å². The number of guanidine groups is 1. The fourth-order valence-electron chi connectivity index (χ4n) is 2.47. The SMILES string of the molecule is CCNC(=NCc1ccc(C(F)(F)F)cc1)NCCN1CCOCC1. The van der Waals surface area contributed by atoms with Crippen LogP contribution in [0.1, 0.15) is 18.1 Å². The lowest BCUT2D eigenvalue weighted by Crippen LogP contribution is -2.44. The van der Waals surface area contributed by atoms with E-state index in [0.29, 0.717) is 12.5 Å². The zero-order chi connectivity index (χ0) is 18.1. The second-order valence-corrected chi connectivity index (χ2v) is 5.77. The Kier molecular flexibility index (Phi) is 7.52. The van der Waals surface area contributed by atoms with Crippen LogP contribution in [0, 0.1) is 0 Å². The van der Waals surface area contributed by atoms with Crippen LogP contribution in [0.2, 0.25) is 0 Å². The molecular formula is C17H25F3N4O. The van der Waals surface area contributed by atoms with E-state index >= 15 is 0 Å². The number of aliphatic imine (C=N–C) groups is 1. The minimum Gasteiger partial charge on any atom is -0.379 e. The highest BCUT2D eigenvalue weighted by atomic mass is 19.4. The van der Waals surface area contributed by atoms with Crippen LogP contribution in [0.3, 0.4) is 0 Å². The number of nitrogens with zero attached hydrogens (tertiary/aromatic N) is 2. The number of hydrogen-bond donors (Lipinski definition) is 2. The molecule has 1 aliphatic rings. The Hall–Kier alpha value is -1.80. The van der Waals surface area contributed by atoms with Crippen molar-refractivity contribution in [3.63, 3.8) is 0 Å². The lowest BCUT2D eigenvalue weighted by molar-refractivity contribution is -0.137. The molecule has 1 saturated heterocycles. The monoisotopic (exact) mass is 358 g/mol. The van der Waals surface area contributed by atoms with Gasteiger partial charge in [-0.1, -0.05) is 12.1 Å². The third-order valence-corrected chi connectivity index (χ3v) is 3.87. The number of morpholine rings is 1. The van der Waals surface area contributed by atoms with Crippen LogP contribution in [-0.2, 0) is 17.5 Å². The van der Waals surface area contributed by atoms with Gasteiger partial charge in [0, 0.05) is 32.7 Å². The van der Waals surface area contributed by atoms with E-state index in [4.69, 9.17) is 4.74 Å². The molecule has 140 valence electrons. The van der Waals surface area contributed by atoms with Gasteiger partial charge in [0.25, 0.3) is 0 Å². The van der Waals surface area contributed by atoms with Gasteiger partial charge in [0.2, 0.25) is 0 Å². The van der Waals surface area contributed by atoms with Crippen LogP contribution >= 0.6 is 0 Å². The fourth-order valence-corrected chi connectivity index (χ4v) is 2.47. The van der Waals surface area contributed by atoms with Gasteiger partial charge < -0.3 is 15.4 Å². The third-order valence-electron chi connectivity index (χ3n) is 3.87. The van der Waals surface area contributed by atoms with E-state index < -0.39 is 11.7 Å². The van der Waals surface area contributed by atoms with Gasteiger partial charge in [0.1, 0.15) is 0 Å². The van der Waals surface area contributed by atoms with E-state index in [-0.39, 0.29) is 0 Å². The summed E-state index contributed by atoms with van der Waals surface area (Å²) in [7, 11) is 0. The Morgan fingerprint density at radius 1 is 1.16 bits per heavy atom. The zero-order valence-electron chi connectivity index (χ0n) is 14.4. The Bertz CT molecular complexity index is 540. The highest BCUT2D eigenvalue weighted by molar-refractivity contribution is 5.79. The van der Waals surface area contributed by atoms with E-state index in [9.17, 15) is 13.2 Å². The van der Waals surface area contributed by atoms with Crippen LogP contribution in [0.4, 0.5) is 13.2 Å². The molecule has 2 rings (SSSR count). The summed E-state index contributed by atoms with van der Waals surface area (Å²) in [5.74, 6) is 0.663. The van der Waals surface area contributed by atoms with Gasteiger partial charge in [-0.15, -0.1) is 0 Å². The Morgan fingerprint density at radius 3 is 2.44 bits per heavy atom.